The van der Waals surface area contributed by atoms with Crippen LogP contribution in [0.15, 0.2) is 0 Å². The van der Waals surface area contributed by atoms with Crippen molar-refractivity contribution in [2.24, 2.45) is 11.8 Å². The molecule has 0 aliphatic carbocycles. The average Bonchev–Trinajstić information content (AvgIpc) is 2.04. The lowest BCUT2D eigenvalue weighted by atomic mass is 9.86. The Morgan fingerprint density at radius 1 is 1.70 bits per heavy atom. The van der Waals surface area contributed by atoms with E-state index in [9.17, 15) is 0 Å². The normalized spacial score (nSPS) is 33.2. The van der Waals surface area contributed by atoms with Gasteiger partial charge in [-0.15, -0.1) is 0 Å². The lowest BCUT2D eigenvalue weighted by molar-refractivity contribution is 0.301. The maximum atomic E-state index is 8.71. The molecule has 0 spiro atoms. The Balaban J connectivity index is 2.44. The van der Waals surface area contributed by atoms with Crippen LogP contribution in [-0.4, -0.2) is 13.1 Å². The Kier molecular flexibility index (Phi) is 2.70. The van der Waals surface area contributed by atoms with Gasteiger partial charge in [-0.05, 0) is 25.4 Å². The summed E-state index contributed by atoms with van der Waals surface area (Å²) < 4.78 is 0. The predicted octanol–water partition coefficient (Wildman–Crippen LogP) is 1.15. The zero-order valence-corrected chi connectivity index (χ0v) is 6.43. The van der Waals surface area contributed by atoms with Crippen molar-refractivity contribution in [3.05, 3.63) is 0 Å². The molecule has 0 bridgehead atoms. The second-order valence-corrected chi connectivity index (χ2v) is 2.90. The minimum absolute atomic E-state index is 0.311. The molecule has 1 rings (SSSR count). The van der Waals surface area contributed by atoms with E-state index < -0.39 is 0 Å². The van der Waals surface area contributed by atoms with Crippen molar-refractivity contribution in [1.29, 1.82) is 5.26 Å². The molecule has 1 aliphatic rings. The smallest absolute Gasteiger partial charge is 0.0659 e. The number of nitrogens with one attached hydrogen (secondary N) is 1. The van der Waals surface area contributed by atoms with E-state index in [-0.39, 0.29) is 0 Å². The lowest BCUT2D eigenvalue weighted by Gasteiger charge is -2.26. The van der Waals surface area contributed by atoms with Crippen LogP contribution in [-0.2, 0) is 0 Å². The van der Waals surface area contributed by atoms with Gasteiger partial charge in [0, 0.05) is 0 Å². The van der Waals surface area contributed by atoms with Crippen LogP contribution in [0, 0.1) is 23.2 Å². The summed E-state index contributed by atoms with van der Waals surface area (Å²) in [5.41, 5.74) is 0. The zero-order valence-electron chi connectivity index (χ0n) is 6.43. The van der Waals surface area contributed by atoms with Crippen molar-refractivity contribution in [2.75, 3.05) is 13.1 Å². The number of hydrogen-bond donors (Lipinski definition) is 1. The summed E-state index contributed by atoms with van der Waals surface area (Å²) in [5, 5.41) is 12.0. The summed E-state index contributed by atoms with van der Waals surface area (Å²) in [7, 11) is 0. The molecule has 1 N–H and O–H groups in total. The van der Waals surface area contributed by atoms with Crippen LogP contribution in [0.2, 0.25) is 0 Å². The first-order chi connectivity index (χ1) is 4.88. The summed E-state index contributed by atoms with van der Waals surface area (Å²) >= 11 is 0. The molecule has 0 amide bonds. The molecule has 0 saturated carbocycles. The van der Waals surface area contributed by atoms with Crippen LogP contribution in [0.1, 0.15) is 19.8 Å². The molecule has 1 heterocycles. The van der Waals surface area contributed by atoms with Crippen LogP contribution in [0.3, 0.4) is 0 Å². The minimum Gasteiger partial charge on any atom is -0.316 e. The molecule has 10 heavy (non-hydrogen) atoms. The fourth-order valence-electron chi connectivity index (χ4n) is 1.52. The topological polar surface area (TPSA) is 35.8 Å². The molecule has 1 fully saturated rings. The molecule has 56 valence electrons. The Morgan fingerprint density at radius 3 is 3.00 bits per heavy atom. The van der Waals surface area contributed by atoms with Gasteiger partial charge in [-0.2, -0.15) is 5.26 Å². The van der Waals surface area contributed by atoms with Gasteiger partial charge in [0.05, 0.1) is 12.0 Å². The molecular formula is C8H14N2. The van der Waals surface area contributed by atoms with Crippen molar-refractivity contribution < 1.29 is 0 Å². The summed E-state index contributed by atoms with van der Waals surface area (Å²) in [6.45, 7) is 4.21. The SMILES string of the molecule is CC[C@H]1CNCC[C@H]1C#N. The van der Waals surface area contributed by atoms with E-state index >= 15 is 0 Å². The first-order valence-electron chi connectivity index (χ1n) is 3.98. The van der Waals surface area contributed by atoms with E-state index in [4.69, 9.17) is 5.26 Å². The van der Waals surface area contributed by atoms with E-state index in [2.05, 4.69) is 18.3 Å². The van der Waals surface area contributed by atoms with Crippen LogP contribution in [0.4, 0.5) is 0 Å². The Hall–Kier alpha value is -0.550. The number of nitrogens with zero attached hydrogens (tertiary/aromatic N) is 1. The van der Waals surface area contributed by atoms with Crippen LogP contribution in [0.5, 0.6) is 0 Å². The molecule has 2 nitrogen and oxygen atoms in total. The van der Waals surface area contributed by atoms with Crippen LogP contribution in [0.25, 0.3) is 0 Å². The first-order valence-corrected chi connectivity index (χ1v) is 3.98. The third-order valence-corrected chi connectivity index (χ3v) is 2.30. The number of piperidine rings is 1. The fourth-order valence-corrected chi connectivity index (χ4v) is 1.52. The van der Waals surface area contributed by atoms with Gasteiger partial charge in [-0.1, -0.05) is 13.3 Å². The first kappa shape index (κ1) is 7.56. The standard InChI is InChI=1S/C8H14N2/c1-2-7-6-10-4-3-8(7)5-9/h7-8,10H,2-4,6H2,1H3/t7-,8-/m0/s1. The largest absolute Gasteiger partial charge is 0.316 e. The zero-order chi connectivity index (χ0) is 7.40. The van der Waals surface area contributed by atoms with Crippen LogP contribution < -0.4 is 5.32 Å². The molecule has 0 radical (unpaired) electrons. The maximum Gasteiger partial charge on any atom is 0.0659 e. The summed E-state index contributed by atoms with van der Waals surface area (Å²) in [4.78, 5) is 0. The fraction of sp³-hybridized carbons (Fsp3) is 0.875. The monoisotopic (exact) mass is 138 g/mol. The minimum atomic E-state index is 0.311. The van der Waals surface area contributed by atoms with Gasteiger partial charge in [-0.25, -0.2) is 0 Å². The van der Waals surface area contributed by atoms with E-state index in [1.165, 1.54) is 0 Å². The average molecular weight is 138 g/mol. The van der Waals surface area contributed by atoms with Gasteiger partial charge >= 0.3 is 0 Å². The highest BCUT2D eigenvalue weighted by Crippen LogP contribution is 2.20. The Labute approximate surface area is 62.2 Å². The van der Waals surface area contributed by atoms with Gasteiger partial charge in [0.15, 0.2) is 0 Å². The molecule has 0 unspecified atom stereocenters. The quantitative estimate of drug-likeness (QED) is 0.590. The summed E-state index contributed by atoms with van der Waals surface area (Å²) in [6, 6.07) is 2.36. The Bertz CT molecular complexity index is 137. The van der Waals surface area contributed by atoms with Gasteiger partial charge in [0.1, 0.15) is 0 Å². The van der Waals surface area contributed by atoms with E-state index in [0.29, 0.717) is 11.8 Å². The second kappa shape index (κ2) is 3.58. The van der Waals surface area contributed by atoms with E-state index in [1.54, 1.807) is 0 Å². The lowest BCUT2D eigenvalue weighted by Crippen LogP contribution is -2.35. The van der Waals surface area contributed by atoms with Crippen molar-refractivity contribution in [3.63, 3.8) is 0 Å². The van der Waals surface area contributed by atoms with Gasteiger partial charge < -0.3 is 5.32 Å². The van der Waals surface area contributed by atoms with Crippen molar-refractivity contribution in [1.82, 2.24) is 5.32 Å². The highest BCUT2D eigenvalue weighted by Gasteiger charge is 2.22. The van der Waals surface area contributed by atoms with Gasteiger partial charge in [0.2, 0.25) is 0 Å². The maximum absolute atomic E-state index is 8.71. The van der Waals surface area contributed by atoms with E-state index in [0.717, 1.165) is 25.9 Å². The number of nitriles is 1. The molecule has 1 aliphatic heterocycles. The highest BCUT2D eigenvalue weighted by molar-refractivity contribution is 4.91. The molecule has 0 aromatic rings. The highest BCUT2D eigenvalue weighted by atomic mass is 14.9. The summed E-state index contributed by atoms with van der Waals surface area (Å²) in [5.74, 6) is 0.907. The predicted molar refractivity (Wildman–Crippen MR) is 40.4 cm³/mol. The van der Waals surface area contributed by atoms with Gasteiger partial charge in [0.25, 0.3) is 0 Å². The second-order valence-electron chi connectivity index (χ2n) is 2.90. The van der Waals surface area contributed by atoms with Crippen molar-refractivity contribution in [2.45, 2.75) is 19.8 Å². The van der Waals surface area contributed by atoms with Gasteiger partial charge in [-0.3, -0.25) is 0 Å². The van der Waals surface area contributed by atoms with Crippen molar-refractivity contribution >= 4 is 0 Å². The molecule has 0 aromatic carbocycles. The molecular weight excluding hydrogens is 124 g/mol. The molecule has 1 saturated heterocycles. The van der Waals surface area contributed by atoms with E-state index in [1.807, 2.05) is 0 Å². The molecule has 0 aromatic heterocycles. The third-order valence-electron chi connectivity index (χ3n) is 2.30. The number of hydrogen-bond acceptors (Lipinski definition) is 2. The van der Waals surface area contributed by atoms with Crippen molar-refractivity contribution in [3.8, 4) is 6.07 Å². The van der Waals surface area contributed by atoms with Crippen LogP contribution >= 0.6 is 0 Å². The number of rotatable bonds is 1. The molecule has 2 heteroatoms. The Morgan fingerprint density at radius 2 is 2.50 bits per heavy atom. The summed E-state index contributed by atoms with van der Waals surface area (Å²) in [6.07, 6.45) is 2.17. The molecule has 2 atom stereocenters. The third kappa shape index (κ3) is 1.48.